The van der Waals surface area contributed by atoms with Gasteiger partial charge in [-0.1, -0.05) is 54.1 Å². The third kappa shape index (κ3) is 4.70. The molecule has 0 spiro atoms. The van der Waals surface area contributed by atoms with E-state index in [0.29, 0.717) is 36.2 Å². The summed E-state index contributed by atoms with van der Waals surface area (Å²) in [7, 11) is 1.63. The monoisotopic (exact) mass is 407 g/mol. The van der Waals surface area contributed by atoms with Gasteiger partial charge >= 0.3 is 0 Å². The number of fused-ring (bicyclic) bond motifs is 1. The third-order valence-corrected chi connectivity index (χ3v) is 4.97. The van der Waals surface area contributed by atoms with Gasteiger partial charge in [0, 0.05) is 17.6 Å². The van der Waals surface area contributed by atoms with Gasteiger partial charge in [-0.05, 0) is 29.3 Å². The van der Waals surface area contributed by atoms with Crippen LogP contribution in [0.2, 0.25) is 5.02 Å². The highest BCUT2D eigenvalue weighted by Crippen LogP contribution is 2.34. The number of imidazole rings is 1. The number of hydrogen-bond acceptors (Lipinski definition) is 4. The van der Waals surface area contributed by atoms with Crippen LogP contribution < -0.4 is 14.8 Å². The summed E-state index contributed by atoms with van der Waals surface area (Å²) in [4.78, 5) is 7.88. The highest BCUT2D eigenvalue weighted by molar-refractivity contribution is 6.31. The Bertz CT molecular complexity index is 1060. The SMILES string of the molecule is COc1cc(CNCc2nc3ccccc3[nH]2)c(Cl)cc1OCc1ccccc1. The first-order valence-electron chi connectivity index (χ1n) is 9.40. The van der Waals surface area contributed by atoms with Gasteiger partial charge in [-0.2, -0.15) is 0 Å². The number of benzene rings is 3. The van der Waals surface area contributed by atoms with Gasteiger partial charge in [-0.25, -0.2) is 4.98 Å². The molecular formula is C23H22ClN3O2. The number of rotatable bonds is 8. The van der Waals surface area contributed by atoms with Gasteiger partial charge in [0.05, 0.1) is 24.7 Å². The molecule has 6 heteroatoms. The number of nitrogens with zero attached hydrogens (tertiary/aromatic N) is 1. The second-order valence-electron chi connectivity index (χ2n) is 6.67. The zero-order chi connectivity index (χ0) is 20.1. The first kappa shape index (κ1) is 19.3. The van der Waals surface area contributed by atoms with Crippen molar-refractivity contribution in [1.82, 2.24) is 15.3 Å². The van der Waals surface area contributed by atoms with E-state index in [1.807, 2.05) is 66.7 Å². The Morgan fingerprint density at radius 1 is 0.966 bits per heavy atom. The average molecular weight is 408 g/mol. The lowest BCUT2D eigenvalue weighted by Gasteiger charge is -2.14. The summed E-state index contributed by atoms with van der Waals surface area (Å²) in [6.07, 6.45) is 0. The predicted octanol–water partition coefficient (Wildman–Crippen LogP) is 5.09. The van der Waals surface area contributed by atoms with Crippen molar-refractivity contribution in [1.29, 1.82) is 0 Å². The number of aromatic amines is 1. The van der Waals surface area contributed by atoms with E-state index in [-0.39, 0.29) is 0 Å². The highest BCUT2D eigenvalue weighted by atomic mass is 35.5. The Hall–Kier alpha value is -3.02. The molecule has 0 amide bonds. The number of methoxy groups -OCH3 is 1. The van der Waals surface area contributed by atoms with E-state index < -0.39 is 0 Å². The molecule has 2 N–H and O–H groups in total. The lowest BCUT2D eigenvalue weighted by Crippen LogP contribution is -2.14. The maximum absolute atomic E-state index is 6.49. The molecule has 1 aromatic heterocycles. The zero-order valence-corrected chi connectivity index (χ0v) is 16.9. The van der Waals surface area contributed by atoms with Crippen molar-refractivity contribution >= 4 is 22.6 Å². The Balaban J connectivity index is 1.40. The van der Waals surface area contributed by atoms with E-state index in [1.54, 1.807) is 7.11 Å². The molecule has 5 nitrogen and oxygen atoms in total. The third-order valence-electron chi connectivity index (χ3n) is 4.62. The second kappa shape index (κ2) is 8.99. The number of para-hydroxylation sites is 2. The fourth-order valence-electron chi connectivity index (χ4n) is 3.13. The van der Waals surface area contributed by atoms with Crippen molar-refractivity contribution in [2.45, 2.75) is 19.7 Å². The highest BCUT2D eigenvalue weighted by Gasteiger charge is 2.11. The number of hydrogen-bond donors (Lipinski definition) is 2. The summed E-state index contributed by atoms with van der Waals surface area (Å²) in [5.74, 6) is 2.17. The zero-order valence-electron chi connectivity index (χ0n) is 16.1. The summed E-state index contributed by atoms with van der Waals surface area (Å²) in [5.41, 5.74) is 4.02. The fraction of sp³-hybridized carbons (Fsp3) is 0.174. The Morgan fingerprint density at radius 3 is 2.55 bits per heavy atom. The molecule has 0 radical (unpaired) electrons. The minimum Gasteiger partial charge on any atom is -0.493 e. The van der Waals surface area contributed by atoms with Crippen LogP contribution in [0.25, 0.3) is 11.0 Å². The molecule has 0 saturated carbocycles. The van der Waals surface area contributed by atoms with E-state index in [9.17, 15) is 0 Å². The first-order valence-corrected chi connectivity index (χ1v) is 9.78. The minimum absolute atomic E-state index is 0.456. The maximum atomic E-state index is 6.49. The molecule has 0 fully saturated rings. The standard InChI is InChI=1S/C23H22ClN3O2/c1-28-21-11-17(13-25-14-23-26-19-9-5-6-10-20(19)27-23)18(24)12-22(21)29-15-16-7-3-2-4-8-16/h2-12,25H,13-15H2,1H3,(H,26,27). The van der Waals surface area contributed by atoms with Crippen LogP contribution in [0.4, 0.5) is 0 Å². The molecule has 0 aliphatic heterocycles. The smallest absolute Gasteiger partial charge is 0.163 e. The Labute approximate surface area is 174 Å². The topological polar surface area (TPSA) is 59.2 Å². The predicted molar refractivity (Wildman–Crippen MR) is 115 cm³/mol. The van der Waals surface area contributed by atoms with Crippen LogP contribution in [0.5, 0.6) is 11.5 Å². The number of aromatic nitrogens is 2. The molecular weight excluding hydrogens is 386 g/mol. The van der Waals surface area contributed by atoms with Crippen molar-refractivity contribution in [3.63, 3.8) is 0 Å². The molecule has 1 heterocycles. The van der Waals surface area contributed by atoms with Crippen molar-refractivity contribution in [3.05, 3.63) is 88.7 Å². The molecule has 4 rings (SSSR count). The quantitative estimate of drug-likeness (QED) is 0.427. The van der Waals surface area contributed by atoms with Crippen LogP contribution in [0.3, 0.4) is 0 Å². The van der Waals surface area contributed by atoms with Crippen LogP contribution in [0.15, 0.2) is 66.7 Å². The van der Waals surface area contributed by atoms with Crippen LogP contribution >= 0.6 is 11.6 Å². The molecule has 0 bridgehead atoms. The average Bonchev–Trinajstić information content (AvgIpc) is 3.17. The van der Waals surface area contributed by atoms with Crippen LogP contribution in [0, 0.1) is 0 Å². The Kier molecular flexibility index (Phi) is 5.98. The molecule has 4 aromatic rings. The lowest BCUT2D eigenvalue weighted by atomic mass is 10.2. The van der Waals surface area contributed by atoms with Crippen molar-refractivity contribution in [3.8, 4) is 11.5 Å². The van der Waals surface area contributed by atoms with Gasteiger partial charge < -0.3 is 19.8 Å². The van der Waals surface area contributed by atoms with E-state index in [2.05, 4.69) is 15.3 Å². The van der Waals surface area contributed by atoms with E-state index in [0.717, 1.165) is 28.0 Å². The van der Waals surface area contributed by atoms with Crippen molar-refractivity contribution in [2.24, 2.45) is 0 Å². The molecule has 148 valence electrons. The first-order chi connectivity index (χ1) is 14.2. The van der Waals surface area contributed by atoms with Gasteiger partial charge in [0.25, 0.3) is 0 Å². The lowest BCUT2D eigenvalue weighted by molar-refractivity contribution is 0.284. The molecule has 0 aliphatic rings. The largest absolute Gasteiger partial charge is 0.493 e. The molecule has 0 atom stereocenters. The van der Waals surface area contributed by atoms with E-state index in [4.69, 9.17) is 21.1 Å². The maximum Gasteiger partial charge on any atom is 0.163 e. The molecule has 0 aliphatic carbocycles. The van der Waals surface area contributed by atoms with Gasteiger partial charge in [0.1, 0.15) is 12.4 Å². The van der Waals surface area contributed by atoms with Crippen LogP contribution in [-0.4, -0.2) is 17.1 Å². The van der Waals surface area contributed by atoms with Crippen LogP contribution in [-0.2, 0) is 19.7 Å². The summed E-state index contributed by atoms with van der Waals surface area (Å²) in [6, 6.07) is 21.7. The van der Waals surface area contributed by atoms with Gasteiger partial charge in [-0.15, -0.1) is 0 Å². The fourth-order valence-corrected chi connectivity index (χ4v) is 3.35. The van der Waals surface area contributed by atoms with Crippen LogP contribution in [0.1, 0.15) is 17.0 Å². The number of ether oxygens (including phenoxy) is 2. The summed E-state index contributed by atoms with van der Waals surface area (Å²) in [5, 5.41) is 4.00. The summed E-state index contributed by atoms with van der Waals surface area (Å²) < 4.78 is 11.4. The van der Waals surface area contributed by atoms with Gasteiger partial charge in [0.15, 0.2) is 11.5 Å². The molecule has 3 aromatic carbocycles. The Morgan fingerprint density at radius 2 is 1.76 bits per heavy atom. The van der Waals surface area contributed by atoms with Gasteiger partial charge in [-0.3, -0.25) is 0 Å². The second-order valence-corrected chi connectivity index (χ2v) is 7.08. The normalized spacial score (nSPS) is 11.0. The van der Waals surface area contributed by atoms with Gasteiger partial charge in [0.2, 0.25) is 0 Å². The molecule has 29 heavy (non-hydrogen) atoms. The van der Waals surface area contributed by atoms with Crippen molar-refractivity contribution < 1.29 is 9.47 Å². The van der Waals surface area contributed by atoms with Crippen molar-refractivity contribution in [2.75, 3.05) is 7.11 Å². The molecule has 0 saturated heterocycles. The summed E-state index contributed by atoms with van der Waals surface area (Å²) >= 11 is 6.49. The summed E-state index contributed by atoms with van der Waals surface area (Å²) in [6.45, 7) is 1.65. The van der Waals surface area contributed by atoms with E-state index in [1.165, 1.54) is 0 Å². The number of halogens is 1. The number of nitrogens with one attached hydrogen (secondary N) is 2. The number of H-pyrrole nitrogens is 1. The minimum atomic E-state index is 0.456. The molecule has 0 unspecified atom stereocenters. The van der Waals surface area contributed by atoms with E-state index >= 15 is 0 Å².